The fourth-order valence-corrected chi connectivity index (χ4v) is 1060. The molecule has 6 aromatic heterocycles. The van der Waals surface area contributed by atoms with E-state index in [1.165, 1.54) is 74.6 Å². The Morgan fingerprint density at radius 1 is 0.702 bits per heavy atom. The molecule has 6 aliphatic rings. The van der Waals surface area contributed by atoms with Gasteiger partial charge in [-0.25, -0.2) is 34.3 Å². The molecule has 0 fully saturated rings. The number of cyclic esters (lactones) is 2. The van der Waals surface area contributed by atoms with Gasteiger partial charge in [-0.3, -0.25) is 35.1 Å². The molecule has 40 heteroatoms. The number of aliphatic hydroxyl groups excluding tert-OH is 1. The zero-order chi connectivity index (χ0) is 74.1. The van der Waals surface area contributed by atoms with Crippen molar-refractivity contribution in [3.05, 3.63) is 170 Å². The second-order valence-electron chi connectivity index (χ2n) is 23.5. The molecule has 0 spiro atoms. The van der Waals surface area contributed by atoms with Crippen molar-refractivity contribution in [1.29, 1.82) is 0 Å². The Morgan fingerprint density at radius 3 is 1.62 bits per heavy atom. The number of benzene rings is 2. The Balaban J connectivity index is 0.000000172. The number of hydrogen-bond donors (Lipinski definition) is 5. The number of nitrogens with zero attached hydrogens (tertiary/aromatic N) is 8. The van der Waals surface area contributed by atoms with Gasteiger partial charge in [0.2, 0.25) is 0 Å². The van der Waals surface area contributed by atoms with Crippen molar-refractivity contribution < 1.29 is 67.0 Å². The Kier molecular flexibility index (Phi) is 31.2. The van der Waals surface area contributed by atoms with E-state index in [0.29, 0.717) is 65.3 Å². The predicted molar refractivity (Wildman–Crippen MR) is 494 cm³/mol. The van der Waals surface area contributed by atoms with Crippen LogP contribution in [0.5, 0.6) is 0 Å². The Morgan fingerprint density at radius 2 is 1.16 bits per heavy atom. The van der Waals surface area contributed by atoms with E-state index in [0.717, 1.165) is 110 Å². The number of pyridine rings is 6. The van der Waals surface area contributed by atoms with Crippen molar-refractivity contribution in [3.63, 3.8) is 0 Å². The Bertz CT molecular complexity index is 4870. The maximum absolute atomic E-state index is 13.6. The van der Waals surface area contributed by atoms with E-state index in [1.54, 1.807) is 41.2 Å². The molecule has 104 heavy (non-hydrogen) atoms. The molecule has 0 unspecified atom stereocenters. The van der Waals surface area contributed by atoms with Crippen LogP contribution < -0.4 is 35.4 Å². The molecule has 0 saturated heterocycles. The first-order chi connectivity index (χ1) is 49.2. The van der Waals surface area contributed by atoms with E-state index in [4.69, 9.17) is 35.0 Å². The number of aliphatic hydroxyl groups is 3. The summed E-state index contributed by atoms with van der Waals surface area (Å²) in [4.78, 5) is 104. The number of nitrogens with one attached hydrogen (secondary N) is 1. The van der Waals surface area contributed by atoms with E-state index in [1.807, 2.05) is 32.0 Å². The summed E-state index contributed by atoms with van der Waals surface area (Å²) in [5, 5.41) is 58.3. The first kappa shape index (κ1) is 86.0. The van der Waals surface area contributed by atoms with Crippen LogP contribution in [0.3, 0.4) is 0 Å². The first-order valence-electron chi connectivity index (χ1n) is 31.1. The molecule has 2 aliphatic carbocycles. The number of nitrogens with two attached hydrogens (primary N) is 1. The third-order valence-electron chi connectivity index (χ3n) is 17.6. The number of rotatable bonds is 18. The van der Waals surface area contributed by atoms with Crippen LogP contribution in [0.2, 0.25) is 0 Å². The molecule has 0 saturated carbocycles. The summed E-state index contributed by atoms with van der Waals surface area (Å²) in [5.74, 6) is -1.47. The quantitative estimate of drug-likeness (QED) is 0.0101. The van der Waals surface area contributed by atoms with Crippen molar-refractivity contribution in [3.8, 4) is 22.8 Å². The molecule has 2 aromatic carbocycles. The number of aromatic nitrogens is 6. The van der Waals surface area contributed by atoms with Crippen LogP contribution in [-0.4, -0.2) is 96.0 Å². The summed E-state index contributed by atoms with van der Waals surface area (Å²) in [5.41, 5.74) is 15.1. The third-order valence-corrected chi connectivity index (χ3v) is 601. The molecule has 6 N–H and O–H groups in total. The molecule has 0 radical (unpaired) electrons. The van der Waals surface area contributed by atoms with Crippen molar-refractivity contribution >= 4 is 249 Å². The summed E-state index contributed by atoms with van der Waals surface area (Å²) in [7, 11) is 3.90. The second-order valence-corrected chi connectivity index (χ2v) is 240. The summed E-state index contributed by atoms with van der Waals surface area (Å²) in [6, 6.07) is 16.8. The molecular formula is C64H64I11N10O15S4-. The standard InChI is InChI=1S/C32H29N5O8S2.C23H21N3O4.C8H10N2O3S2.CH4.I11/c1-3-32(41)21-12-25-27-19(13-36(25)29(38)20(21)15-44-30(32)39)17-6-4-7-18-22(9-10-23(34-27)26(17)18)35-31(40)45-14-16(2)46-47-28-24(37(42)43)8-5-11-33-28;1-2-23(29)15-8-18-20-13(9-26(18)21(27)14(15)10-30-22(23)28)11-4-3-5-12-16(24)6-7-17(25-20)19(11)12;1-6(5-11)14-15-8-7(10(12)13)3-2-4-9-8;;1-7-9(4)11(6)10(5)8(2)3/h5,8-12,16,41H,3-4,6-7,13-15H2,1-2H3,(H,35,40);6-8,29H,2-5,9-10,24H2,1H3;2-4,6,11H,5H2,1H3;1H4;/q;;;;-1/t16-,32+;23-;6-;;/m101../s1. The van der Waals surface area contributed by atoms with Crippen LogP contribution in [0.1, 0.15) is 116 Å². The molecule has 25 nitrogen and oxygen atoms in total. The number of fused-ring (bicyclic) bond motifs is 10. The molecule has 8 aromatic rings. The number of carbonyl (C=O) groups is 3. The maximum atomic E-state index is 13.6. The first-order valence-corrected chi connectivity index (χ1v) is 98.3. The predicted octanol–water partition coefficient (Wildman–Crippen LogP) is 16.0. The topological polar surface area (TPSA) is 359 Å². The zero-order valence-corrected chi connectivity index (χ0v) is 81.2. The zero-order valence-electron chi connectivity index (χ0n) is 54.2. The van der Waals surface area contributed by atoms with Crippen molar-refractivity contribution in [2.75, 3.05) is 24.3 Å². The van der Waals surface area contributed by atoms with Crippen LogP contribution in [-0.2, 0) is 87.0 Å². The van der Waals surface area contributed by atoms with Crippen molar-refractivity contribution in [2.24, 2.45) is 0 Å². The van der Waals surface area contributed by atoms with Crippen LogP contribution in [0.25, 0.3) is 44.6 Å². The van der Waals surface area contributed by atoms with Gasteiger partial charge >= 0.3 is 186 Å². The van der Waals surface area contributed by atoms with Crippen LogP contribution in [0, 0.1) is 20.2 Å². The number of ether oxygens (including phenoxy) is 3. The normalized spacial score (nSPS) is 17.8. The summed E-state index contributed by atoms with van der Waals surface area (Å²) in [6.07, 6.45) is 7.76. The molecule has 4 aliphatic heterocycles. The number of hydrogen-bond acceptors (Lipinski definition) is 24. The van der Waals surface area contributed by atoms with Crippen LogP contribution >= 0.6 is 186 Å². The Hall–Kier alpha value is -0.420. The Labute approximate surface area is 694 Å². The molecule has 562 valence electrons. The second kappa shape index (κ2) is 37.7. The number of aryl methyl sites for hydroxylation is 4. The van der Waals surface area contributed by atoms with Gasteiger partial charge in [-0.15, -0.1) is 0 Å². The number of anilines is 2. The van der Waals surface area contributed by atoms with Gasteiger partial charge < -0.3 is 44.4 Å². The number of esters is 2. The van der Waals surface area contributed by atoms with E-state index in [-0.39, 0.29) is 127 Å². The van der Waals surface area contributed by atoms with Gasteiger partial charge in [0.1, 0.15) is 19.8 Å². The van der Waals surface area contributed by atoms with E-state index in [2.05, 4.69) is 127 Å². The SMILES string of the molecule is C.CC[C@@]1(O)C(=O)OCc2c1cc1n(c2=O)Cc2c-1nc1ccc(N)c3c1c2CCC3.CC[C@@]1(O)C(=O)OCc2c1cc1n(c2=O)Cc2c-1nc1ccc(NC(=O)OC[C@@H](C)SSc3ncccc3[N+](=O)[O-])c3c1c2CCC3.C[C@H](CO)SSc1ncccc1[N+](=O)[O-].I[I-]I(I)I(I)I(I)I(I)I. The van der Waals surface area contributed by atoms with Crippen molar-refractivity contribution in [2.45, 2.75) is 145 Å². The van der Waals surface area contributed by atoms with E-state index in [9.17, 15) is 54.4 Å². The third kappa shape index (κ3) is 18.1. The molecular weight excluding hydrogens is 2670 g/mol. The van der Waals surface area contributed by atoms with Gasteiger partial charge in [0.05, 0.1) is 74.5 Å². The van der Waals surface area contributed by atoms with Gasteiger partial charge in [0.25, 0.3) is 11.1 Å². The fourth-order valence-electron chi connectivity index (χ4n) is 12.7. The van der Waals surface area contributed by atoms with Gasteiger partial charge in [-0.1, -0.05) is 49.8 Å². The van der Waals surface area contributed by atoms with Gasteiger partial charge in [-0.2, -0.15) is 0 Å². The summed E-state index contributed by atoms with van der Waals surface area (Å²) in [6.45, 7) is 7.62. The van der Waals surface area contributed by atoms with Gasteiger partial charge in [0.15, 0.2) is 21.3 Å². The molecule has 0 bridgehead atoms. The molecule has 14 rings (SSSR count). The minimum absolute atomic E-state index is 0. The number of carbonyl (C=O) groups excluding carboxylic acids is 3. The van der Waals surface area contributed by atoms with E-state index < -0.39 is 39.1 Å². The number of halogens is 11. The van der Waals surface area contributed by atoms with Gasteiger partial charge in [0, 0.05) is 79.4 Å². The van der Waals surface area contributed by atoms with Crippen LogP contribution in [0.15, 0.2) is 92.7 Å². The summed E-state index contributed by atoms with van der Waals surface area (Å²) >= 11 is 17.8. The van der Waals surface area contributed by atoms with Crippen LogP contribution in [0.4, 0.5) is 27.5 Å². The summed E-state index contributed by atoms with van der Waals surface area (Å²) < 4.78 is 19.2. The van der Waals surface area contributed by atoms with E-state index >= 15 is 0 Å². The number of amides is 1. The average Bonchev–Trinajstić information content (AvgIpc) is 1.52. The number of nitro groups is 2. The monoisotopic (exact) mass is 2740 g/mol. The van der Waals surface area contributed by atoms with Gasteiger partial charge in [-0.05, 0) is 151 Å². The molecule has 10 heterocycles. The fraction of sp³-hybridized carbons (Fsp3) is 0.359. The van der Waals surface area contributed by atoms with Crippen molar-refractivity contribution in [1.82, 2.24) is 29.1 Å². The average molecular weight is 2740 g/mol. The molecule has 1 amide bonds. The minimum atomic E-state index is -1.90. The number of nitrogen functional groups attached to an aromatic ring is 1. The molecule has 4 atom stereocenters.